The molecule has 2 aliphatic heterocycles. The van der Waals surface area contributed by atoms with Gasteiger partial charge < -0.3 is 20.4 Å². The smallest absolute Gasteiger partial charge is 0.291 e. The van der Waals surface area contributed by atoms with Gasteiger partial charge in [0.1, 0.15) is 0 Å². The molecule has 18 heavy (non-hydrogen) atoms. The first kappa shape index (κ1) is 11.1. The summed E-state index contributed by atoms with van der Waals surface area (Å²) < 4.78 is 5.02. The van der Waals surface area contributed by atoms with Gasteiger partial charge in [0.25, 0.3) is 5.91 Å². The van der Waals surface area contributed by atoms with E-state index in [-0.39, 0.29) is 11.4 Å². The molecule has 0 saturated carbocycles. The van der Waals surface area contributed by atoms with Gasteiger partial charge in [0.15, 0.2) is 12.4 Å². The van der Waals surface area contributed by atoms with Crippen LogP contribution >= 0.6 is 0 Å². The Labute approximate surface area is 104 Å². The van der Waals surface area contributed by atoms with Crippen LogP contribution in [0, 0.1) is 0 Å². The fraction of sp³-hybridized carbons (Fsp3) is 0.545. The lowest BCUT2D eigenvalue weighted by molar-refractivity contribution is 0.0637. The second-order valence-corrected chi connectivity index (χ2v) is 4.76. The molecule has 0 atom stereocenters. The lowest BCUT2D eigenvalue weighted by atomic mass is 9.88. The first-order valence-corrected chi connectivity index (χ1v) is 5.94. The maximum atomic E-state index is 12.0. The first-order valence-electron chi connectivity index (χ1n) is 5.94. The zero-order valence-electron chi connectivity index (χ0n) is 9.93. The van der Waals surface area contributed by atoms with Crippen LogP contribution in [0.25, 0.3) is 0 Å². The van der Waals surface area contributed by atoms with Crippen molar-refractivity contribution in [3.8, 4) is 0 Å². The number of nitrogens with zero attached hydrogens (tertiary/aromatic N) is 3. The number of aliphatic imine (C=N–C) groups is 1. The molecule has 3 N–H and O–H groups in total. The molecule has 0 bridgehead atoms. The van der Waals surface area contributed by atoms with Crippen molar-refractivity contribution >= 4 is 11.9 Å². The van der Waals surface area contributed by atoms with Crippen LogP contribution in [-0.2, 0) is 0 Å². The minimum Gasteiger partial charge on any atom is -0.438 e. The van der Waals surface area contributed by atoms with Gasteiger partial charge in [-0.15, -0.1) is 0 Å². The monoisotopic (exact) mass is 249 g/mol. The minimum atomic E-state index is -0.103. The molecule has 1 fully saturated rings. The maximum Gasteiger partial charge on any atom is 0.291 e. The topological polar surface area (TPSA) is 96.8 Å². The number of aromatic nitrogens is 1. The van der Waals surface area contributed by atoms with Crippen LogP contribution in [-0.4, -0.2) is 46.9 Å². The third-order valence-electron chi connectivity index (χ3n) is 3.60. The predicted octanol–water partition coefficient (Wildman–Crippen LogP) is -0.433. The van der Waals surface area contributed by atoms with E-state index in [9.17, 15) is 4.79 Å². The van der Waals surface area contributed by atoms with Gasteiger partial charge in [-0.25, -0.2) is 4.98 Å². The first-order chi connectivity index (χ1) is 8.69. The second kappa shape index (κ2) is 4.01. The van der Waals surface area contributed by atoms with Gasteiger partial charge in [0.2, 0.25) is 5.76 Å². The molecule has 2 aliphatic rings. The van der Waals surface area contributed by atoms with E-state index in [0.29, 0.717) is 31.4 Å². The number of rotatable bonds is 1. The van der Waals surface area contributed by atoms with Gasteiger partial charge in [0.05, 0.1) is 18.3 Å². The van der Waals surface area contributed by atoms with Crippen molar-refractivity contribution < 1.29 is 9.21 Å². The number of carbonyl (C=O) groups is 1. The number of piperidine rings is 1. The normalized spacial score (nSPS) is 21.8. The molecule has 0 aromatic carbocycles. The highest BCUT2D eigenvalue weighted by Gasteiger charge is 2.39. The van der Waals surface area contributed by atoms with Crippen LogP contribution < -0.4 is 11.1 Å². The van der Waals surface area contributed by atoms with Crippen LogP contribution in [0.2, 0.25) is 0 Å². The molecule has 7 heteroatoms. The number of nitrogens with one attached hydrogen (secondary N) is 1. The fourth-order valence-corrected chi connectivity index (χ4v) is 2.49. The van der Waals surface area contributed by atoms with Gasteiger partial charge in [-0.2, -0.15) is 0 Å². The van der Waals surface area contributed by atoms with E-state index < -0.39 is 0 Å². The number of nitrogens with two attached hydrogens (primary N) is 1. The van der Waals surface area contributed by atoms with Crippen molar-refractivity contribution in [2.24, 2.45) is 10.7 Å². The standard InChI is InChI=1S/C11H15N5O2/c12-10-14-6-11(15-10)1-3-16(4-2-11)9(17)8-5-13-7-18-8/h5,7H,1-4,6H2,(H3,12,14,15). The molecule has 0 aliphatic carbocycles. The molecule has 96 valence electrons. The third-order valence-corrected chi connectivity index (χ3v) is 3.60. The largest absolute Gasteiger partial charge is 0.438 e. The Morgan fingerprint density at radius 3 is 2.83 bits per heavy atom. The van der Waals surface area contributed by atoms with Crippen molar-refractivity contribution in [2.75, 3.05) is 19.6 Å². The summed E-state index contributed by atoms with van der Waals surface area (Å²) in [6.07, 6.45) is 4.40. The maximum absolute atomic E-state index is 12.0. The number of likely N-dealkylation sites (tertiary alicyclic amines) is 1. The van der Waals surface area contributed by atoms with E-state index >= 15 is 0 Å². The van der Waals surface area contributed by atoms with E-state index in [1.165, 1.54) is 12.6 Å². The van der Waals surface area contributed by atoms with Crippen molar-refractivity contribution in [1.82, 2.24) is 15.2 Å². The Kier molecular flexibility index (Phi) is 2.46. The average Bonchev–Trinajstić information content (AvgIpc) is 3.00. The summed E-state index contributed by atoms with van der Waals surface area (Å²) in [5, 5.41) is 3.22. The highest BCUT2D eigenvalue weighted by atomic mass is 16.3. The molecule has 1 saturated heterocycles. The zero-order chi connectivity index (χ0) is 12.6. The van der Waals surface area contributed by atoms with E-state index in [2.05, 4.69) is 15.3 Å². The fourth-order valence-electron chi connectivity index (χ4n) is 2.49. The minimum absolute atomic E-state index is 0.0533. The van der Waals surface area contributed by atoms with E-state index in [1.54, 1.807) is 4.90 Å². The molecule has 1 aromatic rings. The second-order valence-electron chi connectivity index (χ2n) is 4.76. The Bertz CT molecular complexity index is 474. The highest BCUT2D eigenvalue weighted by molar-refractivity contribution is 5.91. The molecule has 3 heterocycles. The van der Waals surface area contributed by atoms with Gasteiger partial charge >= 0.3 is 0 Å². The number of amides is 1. The Morgan fingerprint density at radius 1 is 1.50 bits per heavy atom. The molecule has 0 radical (unpaired) electrons. The molecular weight excluding hydrogens is 234 g/mol. The molecule has 1 aromatic heterocycles. The van der Waals surface area contributed by atoms with Crippen LogP contribution in [0.3, 0.4) is 0 Å². The molecular formula is C11H15N5O2. The number of hydrogen-bond acceptors (Lipinski definition) is 6. The van der Waals surface area contributed by atoms with Crippen LogP contribution in [0.5, 0.6) is 0 Å². The Balaban J connectivity index is 1.62. The van der Waals surface area contributed by atoms with Gasteiger partial charge in [0, 0.05) is 13.1 Å². The van der Waals surface area contributed by atoms with Crippen LogP contribution in [0.4, 0.5) is 0 Å². The zero-order valence-corrected chi connectivity index (χ0v) is 9.93. The van der Waals surface area contributed by atoms with Gasteiger partial charge in [-0.3, -0.25) is 9.79 Å². The molecule has 1 amide bonds. The number of oxazole rings is 1. The van der Waals surface area contributed by atoms with E-state index in [4.69, 9.17) is 10.2 Å². The van der Waals surface area contributed by atoms with E-state index in [0.717, 1.165) is 12.8 Å². The summed E-state index contributed by atoms with van der Waals surface area (Å²) in [7, 11) is 0. The number of carbonyl (C=O) groups excluding carboxylic acids is 1. The number of hydrogen-bond donors (Lipinski definition) is 2. The van der Waals surface area contributed by atoms with Crippen molar-refractivity contribution in [2.45, 2.75) is 18.4 Å². The van der Waals surface area contributed by atoms with Gasteiger partial charge in [-0.1, -0.05) is 0 Å². The Hall–Kier alpha value is -2.05. The van der Waals surface area contributed by atoms with Gasteiger partial charge in [-0.05, 0) is 12.8 Å². The third kappa shape index (κ3) is 1.81. The molecule has 0 unspecified atom stereocenters. The number of guanidine groups is 1. The average molecular weight is 249 g/mol. The predicted molar refractivity (Wildman–Crippen MR) is 64.0 cm³/mol. The molecule has 3 rings (SSSR count). The lowest BCUT2D eigenvalue weighted by Crippen LogP contribution is -2.55. The SMILES string of the molecule is NC1=NCC2(CCN(C(=O)c3cnco3)CC2)N1. The Morgan fingerprint density at radius 2 is 2.28 bits per heavy atom. The summed E-state index contributed by atoms with van der Waals surface area (Å²) in [6, 6.07) is 0. The van der Waals surface area contributed by atoms with Crippen LogP contribution in [0.15, 0.2) is 22.0 Å². The molecule has 7 nitrogen and oxygen atoms in total. The van der Waals surface area contributed by atoms with Crippen LogP contribution in [0.1, 0.15) is 23.4 Å². The van der Waals surface area contributed by atoms with Crippen molar-refractivity contribution in [1.29, 1.82) is 0 Å². The lowest BCUT2D eigenvalue weighted by Gasteiger charge is -2.38. The summed E-state index contributed by atoms with van der Waals surface area (Å²) >= 11 is 0. The summed E-state index contributed by atoms with van der Waals surface area (Å²) in [4.78, 5) is 21.8. The van der Waals surface area contributed by atoms with E-state index in [1.807, 2.05) is 0 Å². The van der Waals surface area contributed by atoms with Crippen molar-refractivity contribution in [3.05, 3.63) is 18.4 Å². The quantitative estimate of drug-likeness (QED) is 0.703. The summed E-state index contributed by atoms with van der Waals surface area (Å²) in [5.74, 6) is 0.695. The van der Waals surface area contributed by atoms with Crippen molar-refractivity contribution in [3.63, 3.8) is 0 Å². The highest BCUT2D eigenvalue weighted by Crippen LogP contribution is 2.26. The summed E-state index contributed by atoms with van der Waals surface area (Å²) in [6.45, 7) is 2.05. The molecule has 1 spiro atoms. The summed E-state index contributed by atoms with van der Waals surface area (Å²) in [5.41, 5.74) is 5.59.